The number of benzene rings is 1. The van der Waals surface area contributed by atoms with Crippen molar-refractivity contribution in [2.45, 2.75) is 19.9 Å². The highest BCUT2D eigenvalue weighted by atomic mass is 16.5. The van der Waals surface area contributed by atoms with Crippen LogP contribution in [-0.2, 0) is 11.3 Å². The van der Waals surface area contributed by atoms with E-state index in [0.717, 1.165) is 49.1 Å². The number of guanidine groups is 1. The van der Waals surface area contributed by atoms with Crippen molar-refractivity contribution in [3.63, 3.8) is 0 Å². The van der Waals surface area contributed by atoms with Crippen molar-refractivity contribution >= 4 is 5.96 Å². The molecule has 1 saturated heterocycles. The molecule has 1 fully saturated rings. The molecule has 0 spiro atoms. The van der Waals surface area contributed by atoms with Crippen LogP contribution >= 0.6 is 0 Å². The molecule has 6 nitrogen and oxygen atoms in total. The van der Waals surface area contributed by atoms with Gasteiger partial charge < -0.3 is 24.4 Å². The van der Waals surface area contributed by atoms with Crippen LogP contribution in [0.3, 0.4) is 0 Å². The molecule has 1 heterocycles. The fourth-order valence-corrected chi connectivity index (χ4v) is 3.01. The van der Waals surface area contributed by atoms with Gasteiger partial charge in [0.25, 0.3) is 0 Å². The van der Waals surface area contributed by atoms with E-state index in [4.69, 9.17) is 14.2 Å². The molecule has 1 aliphatic heterocycles. The molecular weight excluding hydrogens is 306 g/mol. The van der Waals surface area contributed by atoms with Gasteiger partial charge in [0.2, 0.25) is 0 Å². The molecule has 0 aromatic heterocycles. The molecule has 1 atom stereocenters. The first-order valence-electron chi connectivity index (χ1n) is 8.46. The van der Waals surface area contributed by atoms with Gasteiger partial charge in [-0.1, -0.05) is 6.07 Å². The lowest BCUT2D eigenvalue weighted by molar-refractivity contribution is 0.157. The Morgan fingerprint density at radius 2 is 2.17 bits per heavy atom. The second kappa shape index (κ2) is 9.37. The minimum atomic E-state index is 0.583. The molecule has 24 heavy (non-hydrogen) atoms. The van der Waals surface area contributed by atoms with Crippen molar-refractivity contribution in [3.05, 3.63) is 23.8 Å². The van der Waals surface area contributed by atoms with E-state index in [1.165, 1.54) is 0 Å². The minimum absolute atomic E-state index is 0.583. The number of hydrogen-bond acceptors (Lipinski definition) is 4. The smallest absolute Gasteiger partial charge is 0.193 e. The number of nitrogens with one attached hydrogen (secondary N) is 1. The third kappa shape index (κ3) is 4.77. The average molecular weight is 335 g/mol. The minimum Gasteiger partial charge on any atom is -0.493 e. The molecule has 0 radical (unpaired) electrons. The Bertz CT molecular complexity index is 548. The summed E-state index contributed by atoms with van der Waals surface area (Å²) >= 11 is 0. The van der Waals surface area contributed by atoms with Crippen LogP contribution in [0, 0.1) is 5.92 Å². The molecular formula is C18H29N3O3. The lowest BCUT2D eigenvalue weighted by Crippen LogP contribution is -2.39. The van der Waals surface area contributed by atoms with Crippen molar-refractivity contribution in [2.75, 3.05) is 47.6 Å². The summed E-state index contributed by atoms with van der Waals surface area (Å²) in [6, 6.07) is 6.00. The Kier molecular flexibility index (Phi) is 7.18. The molecule has 1 aromatic rings. The number of hydrogen-bond donors (Lipinski definition) is 1. The highest BCUT2D eigenvalue weighted by molar-refractivity contribution is 5.80. The molecule has 6 heteroatoms. The van der Waals surface area contributed by atoms with E-state index in [2.05, 4.69) is 15.2 Å². The molecule has 0 bridgehead atoms. The van der Waals surface area contributed by atoms with Gasteiger partial charge >= 0.3 is 0 Å². The van der Waals surface area contributed by atoms with Gasteiger partial charge in [-0.3, -0.25) is 4.99 Å². The highest BCUT2D eigenvalue weighted by Crippen LogP contribution is 2.28. The van der Waals surface area contributed by atoms with E-state index in [-0.39, 0.29) is 0 Å². The number of rotatable bonds is 7. The van der Waals surface area contributed by atoms with Crippen LogP contribution < -0.4 is 14.8 Å². The van der Waals surface area contributed by atoms with Crippen molar-refractivity contribution < 1.29 is 14.2 Å². The lowest BCUT2D eigenvalue weighted by Gasteiger charge is -2.22. The van der Waals surface area contributed by atoms with E-state index in [9.17, 15) is 0 Å². The highest BCUT2D eigenvalue weighted by Gasteiger charge is 2.24. The summed E-state index contributed by atoms with van der Waals surface area (Å²) in [7, 11) is 5.24. The molecule has 0 amide bonds. The Balaban J connectivity index is 1.94. The molecule has 1 aromatic carbocycles. The van der Waals surface area contributed by atoms with Crippen molar-refractivity contribution in [1.82, 2.24) is 10.2 Å². The Morgan fingerprint density at radius 3 is 2.83 bits per heavy atom. The first-order valence-corrected chi connectivity index (χ1v) is 8.46. The van der Waals surface area contributed by atoms with E-state index in [1.54, 1.807) is 14.2 Å². The van der Waals surface area contributed by atoms with Crippen LogP contribution in [0.15, 0.2) is 23.2 Å². The van der Waals surface area contributed by atoms with Crippen LogP contribution in [0.2, 0.25) is 0 Å². The number of ether oxygens (including phenoxy) is 3. The standard InChI is InChI=1S/C18H29N3O3/c1-5-24-16-7-6-14(10-17(16)23-4)11-20-18(19-2)21-9-8-15(12-21)13-22-3/h6-7,10,15H,5,8-9,11-13H2,1-4H3,(H,19,20). The first kappa shape index (κ1) is 18.4. The maximum Gasteiger partial charge on any atom is 0.193 e. The largest absolute Gasteiger partial charge is 0.493 e. The van der Waals surface area contributed by atoms with E-state index >= 15 is 0 Å². The fourth-order valence-electron chi connectivity index (χ4n) is 3.01. The van der Waals surface area contributed by atoms with Crippen molar-refractivity contribution in [2.24, 2.45) is 10.9 Å². The molecule has 0 saturated carbocycles. The van der Waals surface area contributed by atoms with Crippen LogP contribution in [0.1, 0.15) is 18.9 Å². The van der Waals surface area contributed by atoms with Crippen LogP contribution in [0.25, 0.3) is 0 Å². The molecule has 1 aliphatic rings. The lowest BCUT2D eigenvalue weighted by atomic mass is 10.1. The van der Waals surface area contributed by atoms with Crippen LogP contribution in [0.4, 0.5) is 0 Å². The summed E-state index contributed by atoms with van der Waals surface area (Å²) in [6.07, 6.45) is 1.14. The van der Waals surface area contributed by atoms with Crippen molar-refractivity contribution in [3.8, 4) is 11.5 Å². The number of likely N-dealkylation sites (tertiary alicyclic amines) is 1. The maximum absolute atomic E-state index is 5.56. The molecule has 134 valence electrons. The summed E-state index contributed by atoms with van der Waals surface area (Å²) in [4.78, 5) is 6.69. The summed E-state index contributed by atoms with van der Waals surface area (Å²) in [5.41, 5.74) is 1.13. The average Bonchev–Trinajstić information content (AvgIpc) is 3.05. The van der Waals surface area contributed by atoms with Gasteiger partial charge in [-0.05, 0) is 31.0 Å². The number of methoxy groups -OCH3 is 2. The zero-order valence-electron chi connectivity index (χ0n) is 15.2. The van der Waals surface area contributed by atoms with Gasteiger partial charge in [-0.2, -0.15) is 0 Å². The zero-order chi connectivity index (χ0) is 17.4. The van der Waals surface area contributed by atoms with Crippen molar-refractivity contribution in [1.29, 1.82) is 0 Å². The fraction of sp³-hybridized carbons (Fsp3) is 0.611. The zero-order valence-corrected chi connectivity index (χ0v) is 15.2. The Labute approximate surface area is 144 Å². The van der Waals surface area contributed by atoms with Gasteiger partial charge in [-0.25, -0.2) is 0 Å². The third-order valence-electron chi connectivity index (χ3n) is 4.18. The number of aliphatic imine (C=N–C) groups is 1. The van der Waals surface area contributed by atoms with Gasteiger partial charge in [0.1, 0.15) is 0 Å². The summed E-state index contributed by atoms with van der Waals surface area (Å²) in [5.74, 6) is 3.04. The van der Waals surface area contributed by atoms with E-state index in [0.29, 0.717) is 19.1 Å². The molecule has 1 unspecified atom stereocenters. The molecule has 1 N–H and O–H groups in total. The van der Waals surface area contributed by atoms with E-state index in [1.807, 2.05) is 32.2 Å². The predicted molar refractivity (Wildman–Crippen MR) is 95.9 cm³/mol. The third-order valence-corrected chi connectivity index (χ3v) is 4.18. The first-order chi connectivity index (χ1) is 11.7. The summed E-state index contributed by atoms with van der Waals surface area (Å²) in [6.45, 7) is 6.09. The van der Waals surface area contributed by atoms with Crippen LogP contribution in [-0.4, -0.2) is 58.4 Å². The quantitative estimate of drug-likeness (QED) is 0.611. The Hall–Kier alpha value is -1.95. The molecule has 2 rings (SSSR count). The van der Waals surface area contributed by atoms with Gasteiger partial charge in [0.05, 0.1) is 20.3 Å². The maximum atomic E-state index is 5.56. The summed E-state index contributed by atoms with van der Waals surface area (Å²) in [5, 5.41) is 3.43. The summed E-state index contributed by atoms with van der Waals surface area (Å²) < 4.78 is 16.2. The second-order valence-corrected chi connectivity index (χ2v) is 5.88. The topological polar surface area (TPSA) is 55.3 Å². The predicted octanol–water partition coefficient (Wildman–Crippen LogP) is 2.14. The molecule has 0 aliphatic carbocycles. The Morgan fingerprint density at radius 1 is 1.33 bits per heavy atom. The van der Waals surface area contributed by atoms with Gasteiger partial charge in [-0.15, -0.1) is 0 Å². The van der Waals surface area contributed by atoms with Gasteiger partial charge in [0, 0.05) is 39.7 Å². The SMILES string of the molecule is CCOc1ccc(CNC(=NC)N2CCC(COC)C2)cc1OC. The number of nitrogens with zero attached hydrogens (tertiary/aromatic N) is 2. The van der Waals surface area contributed by atoms with Crippen LogP contribution in [0.5, 0.6) is 11.5 Å². The van der Waals surface area contributed by atoms with Gasteiger partial charge in [0.15, 0.2) is 17.5 Å². The monoisotopic (exact) mass is 335 g/mol. The normalized spacial score (nSPS) is 17.9. The second-order valence-electron chi connectivity index (χ2n) is 5.88. The van der Waals surface area contributed by atoms with E-state index < -0.39 is 0 Å².